The summed E-state index contributed by atoms with van der Waals surface area (Å²) in [7, 11) is 0. The Morgan fingerprint density at radius 1 is 1.43 bits per heavy atom. The Bertz CT molecular complexity index is 686. The SMILES string of the molecule is CCC(C)(C)NC(=O)C(C)Sc1n[nH]c(-c2ccccc2F)n1. The Labute approximate surface area is 139 Å². The van der Waals surface area contributed by atoms with Gasteiger partial charge in [-0.1, -0.05) is 30.8 Å². The maximum Gasteiger partial charge on any atom is 0.233 e. The van der Waals surface area contributed by atoms with E-state index in [2.05, 4.69) is 20.5 Å². The third kappa shape index (κ3) is 4.54. The molecule has 1 amide bonds. The third-order valence-electron chi connectivity index (χ3n) is 3.59. The monoisotopic (exact) mass is 336 g/mol. The molecule has 1 unspecified atom stereocenters. The fraction of sp³-hybridized carbons (Fsp3) is 0.438. The average Bonchev–Trinajstić information content (AvgIpc) is 2.95. The summed E-state index contributed by atoms with van der Waals surface area (Å²) in [4.78, 5) is 16.5. The smallest absolute Gasteiger partial charge is 0.233 e. The predicted octanol–water partition coefficient (Wildman–Crippen LogP) is 3.40. The van der Waals surface area contributed by atoms with Crippen molar-refractivity contribution < 1.29 is 9.18 Å². The van der Waals surface area contributed by atoms with Gasteiger partial charge in [0.05, 0.1) is 10.8 Å². The third-order valence-corrected chi connectivity index (χ3v) is 4.55. The fourth-order valence-corrected chi connectivity index (χ4v) is 2.53. The fourth-order valence-electron chi connectivity index (χ4n) is 1.81. The average molecular weight is 336 g/mol. The molecule has 0 aliphatic rings. The van der Waals surface area contributed by atoms with Crippen molar-refractivity contribution in [3.8, 4) is 11.4 Å². The summed E-state index contributed by atoms with van der Waals surface area (Å²) in [5.41, 5.74) is 0.111. The van der Waals surface area contributed by atoms with Gasteiger partial charge in [0.2, 0.25) is 11.1 Å². The molecule has 0 saturated carbocycles. The van der Waals surface area contributed by atoms with Crippen LogP contribution >= 0.6 is 11.8 Å². The van der Waals surface area contributed by atoms with Crippen LogP contribution in [0.1, 0.15) is 34.1 Å². The number of aromatic amines is 1. The number of carbonyl (C=O) groups is 1. The summed E-state index contributed by atoms with van der Waals surface area (Å²) in [6.45, 7) is 7.77. The molecule has 0 bridgehead atoms. The number of carbonyl (C=O) groups excluding carboxylic acids is 1. The second-order valence-electron chi connectivity index (χ2n) is 5.93. The van der Waals surface area contributed by atoms with Crippen LogP contribution in [0.3, 0.4) is 0 Å². The van der Waals surface area contributed by atoms with Gasteiger partial charge in [-0.3, -0.25) is 9.89 Å². The zero-order valence-corrected chi connectivity index (χ0v) is 14.5. The number of rotatable bonds is 6. The highest BCUT2D eigenvalue weighted by Crippen LogP contribution is 2.24. The molecule has 23 heavy (non-hydrogen) atoms. The van der Waals surface area contributed by atoms with E-state index >= 15 is 0 Å². The van der Waals surface area contributed by atoms with Crippen molar-refractivity contribution in [2.24, 2.45) is 0 Å². The van der Waals surface area contributed by atoms with Crippen molar-refractivity contribution >= 4 is 17.7 Å². The van der Waals surface area contributed by atoms with Crippen LogP contribution in [0.15, 0.2) is 29.4 Å². The summed E-state index contributed by atoms with van der Waals surface area (Å²) in [6.07, 6.45) is 0.841. The van der Waals surface area contributed by atoms with Crippen molar-refractivity contribution in [2.75, 3.05) is 0 Å². The van der Waals surface area contributed by atoms with Crippen LogP contribution in [-0.2, 0) is 4.79 Å². The van der Waals surface area contributed by atoms with Gasteiger partial charge in [0.15, 0.2) is 5.82 Å². The first-order valence-electron chi connectivity index (χ1n) is 7.48. The lowest BCUT2D eigenvalue weighted by atomic mass is 10.0. The Balaban J connectivity index is 2.04. The summed E-state index contributed by atoms with van der Waals surface area (Å²) in [5, 5.41) is 9.83. The van der Waals surface area contributed by atoms with Gasteiger partial charge in [0, 0.05) is 5.54 Å². The molecular formula is C16H21FN4OS. The van der Waals surface area contributed by atoms with Crippen LogP contribution in [0.4, 0.5) is 4.39 Å². The van der Waals surface area contributed by atoms with Gasteiger partial charge in [-0.2, -0.15) is 0 Å². The van der Waals surface area contributed by atoms with E-state index in [1.165, 1.54) is 17.8 Å². The second kappa shape index (κ2) is 7.12. The van der Waals surface area contributed by atoms with Gasteiger partial charge in [0.25, 0.3) is 0 Å². The minimum atomic E-state index is -0.365. The summed E-state index contributed by atoms with van der Waals surface area (Å²) < 4.78 is 13.7. The number of nitrogens with zero attached hydrogens (tertiary/aromatic N) is 2. The molecule has 2 aromatic rings. The van der Waals surface area contributed by atoms with Gasteiger partial charge >= 0.3 is 0 Å². The van der Waals surface area contributed by atoms with Crippen molar-refractivity contribution in [3.63, 3.8) is 0 Å². The molecule has 2 rings (SSSR count). The number of amides is 1. The largest absolute Gasteiger partial charge is 0.350 e. The molecule has 0 aliphatic carbocycles. The van der Waals surface area contributed by atoms with Crippen LogP contribution in [-0.4, -0.2) is 31.9 Å². The summed E-state index contributed by atoms with van der Waals surface area (Å²) >= 11 is 1.24. The standard InChI is InChI=1S/C16H21FN4OS/c1-5-16(3,4)19-14(22)10(2)23-15-18-13(20-21-15)11-8-6-7-9-12(11)17/h6-10H,5H2,1-4H3,(H,19,22)(H,18,20,21). The molecule has 0 fully saturated rings. The predicted molar refractivity (Wildman–Crippen MR) is 89.6 cm³/mol. The van der Waals surface area contributed by atoms with E-state index in [4.69, 9.17) is 0 Å². The number of nitrogens with one attached hydrogen (secondary N) is 2. The summed E-state index contributed by atoms with van der Waals surface area (Å²) in [6, 6.07) is 6.35. The van der Waals surface area contributed by atoms with E-state index in [1.54, 1.807) is 25.1 Å². The van der Waals surface area contributed by atoms with Crippen molar-refractivity contribution in [2.45, 2.75) is 50.1 Å². The number of halogens is 1. The molecule has 1 heterocycles. The molecule has 0 aliphatic heterocycles. The normalized spacial score (nSPS) is 12.9. The van der Waals surface area contributed by atoms with E-state index in [0.29, 0.717) is 16.5 Å². The highest BCUT2D eigenvalue weighted by molar-refractivity contribution is 8.00. The van der Waals surface area contributed by atoms with E-state index in [9.17, 15) is 9.18 Å². The topological polar surface area (TPSA) is 70.7 Å². The molecule has 1 aromatic carbocycles. The van der Waals surface area contributed by atoms with Crippen molar-refractivity contribution in [1.29, 1.82) is 0 Å². The highest BCUT2D eigenvalue weighted by atomic mass is 32.2. The Hall–Kier alpha value is -1.89. The minimum absolute atomic E-state index is 0.0703. The van der Waals surface area contributed by atoms with E-state index in [1.807, 2.05) is 20.8 Å². The first-order valence-corrected chi connectivity index (χ1v) is 8.36. The Kier molecular flexibility index (Phi) is 5.41. The van der Waals surface area contributed by atoms with E-state index < -0.39 is 0 Å². The van der Waals surface area contributed by atoms with E-state index in [0.717, 1.165) is 6.42 Å². The first-order chi connectivity index (χ1) is 10.8. The molecule has 7 heteroatoms. The van der Waals surface area contributed by atoms with Gasteiger partial charge in [-0.05, 0) is 39.3 Å². The first kappa shape index (κ1) is 17.5. The number of benzene rings is 1. The Morgan fingerprint density at radius 3 is 2.78 bits per heavy atom. The molecule has 0 spiro atoms. The van der Waals surface area contributed by atoms with Crippen LogP contribution in [0.2, 0.25) is 0 Å². The second-order valence-corrected chi connectivity index (χ2v) is 7.24. The molecule has 2 N–H and O–H groups in total. The number of H-pyrrole nitrogens is 1. The van der Waals surface area contributed by atoms with Crippen LogP contribution in [0, 0.1) is 5.82 Å². The van der Waals surface area contributed by atoms with E-state index in [-0.39, 0.29) is 22.5 Å². The van der Waals surface area contributed by atoms with Gasteiger partial charge in [0.1, 0.15) is 5.82 Å². The lowest BCUT2D eigenvalue weighted by Gasteiger charge is -2.26. The van der Waals surface area contributed by atoms with Gasteiger partial charge < -0.3 is 5.32 Å². The Morgan fingerprint density at radius 2 is 2.13 bits per heavy atom. The lowest BCUT2D eigenvalue weighted by molar-refractivity contribution is -0.121. The van der Waals surface area contributed by atoms with Crippen LogP contribution in [0.5, 0.6) is 0 Å². The lowest BCUT2D eigenvalue weighted by Crippen LogP contribution is -2.46. The zero-order chi connectivity index (χ0) is 17.0. The van der Waals surface area contributed by atoms with Gasteiger partial charge in [-0.25, -0.2) is 9.37 Å². The molecule has 124 valence electrons. The van der Waals surface area contributed by atoms with Gasteiger partial charge in [-0.15, -0.1) is 5.10 Å². The van der Waals surface area contributed by atoms with Crippen molar-refractivity contribution in [3.05, 3.63) is 30.1 Å². The molecule has 0 radical (unpaired) electrons. The molecular weight excluding hydrogens is 315 g/mol. The molecule has 1 atom stereocenters. The molecule has 0 saturated heterocycles. The highest BCUT2D eigenvalue weighted by Gasteiger charge is 2.23. The van der Waals surface area contributed by atoms with Crippen LogP contribution in [0.25, 0.3) is 11.4 Å². The summed E-state index contributed by atoms with van der Waals surface area (Å²) in [5.74, 6) is -0.0816. The maximum atomic E-state index is 13.7. The number of thioether (sulfide) groups is 1. The quantitative estimate of drug-likeness (QED) is 0.793. The number of aromatic nitrogens is 3. The molecule has 1 aromatic heterocycles. The van der Waals surface area contributed by atoms with Crippen LogP contribution < -0.4 is 5.32 Å². The number of hydrogen-bond acceptors (Lipinski definition) is 4. The molecule has 5 nitrogen and oxygen atoms in total. The zero-order valence-electron chi connectivity index (χ0n) is 13.7. The van der Waals surface area contributed by atoms with Crippen molar-refractivity contribution in [1.82, 2.24) is 20.5 Å². The maximum absolute atomic E-state index is 13.7. The minimum Gasteiger partial charge on any atom is -0.350 e. The number of hydrogen-bond donors (Lipinski definition) is 2.